The van der Waals surface area contributed by atoms with E-state index < -0.39 is 6.17 Å². The summed E-state index contributed by atoms with van der Waals surface area (Å²) in [5, 5.41) is 8.40. The van der Waals surface area contributed by atoms with Gasteiger partial charge in [0.25, 0.3) is 0 Å². The zero-order valence-corrected chi connectivity index (χ0v) is 5.22. The van der Waals surface area contributed by atoms with Crippen molar-refractivity contribution in [1.29, 1.82) is 0 Å². The molecule has 3 heteroatoms. The Balaban J connectivity index is 2.22. The van der Waals surface area contributed by atoms with Crippen LogP contribution in [0.3, 0.4) is 0 Å². The van der Waals surface area contributed by atoms with Crippen LogP contribution in [-0.4, -0.2) is 30.6 Å². The molecular weight excluding hydrogens is 123 g/mol. The van der Waals surface area contributed by atoms with Crippen molar-refractivity contribution in [2.24, 2.45) is 0 Å². The van der Waals surface area contributed by atoms with Crippen LogP contribution in [0.1, 0.15) is 12.8 Å². The second kappa shape index (κ2) is 3.13. The molecule has 0 aromatic rings. The zero-order chi connectivity index (χ0) is 6.69. The lowest BCUT2D eigenvalue weighted by molar-refractivity contribution is 0.0563. The Kier molecular flexibility index (Phi) is 2.42. The maximum Gasteiger partial charge on any atom is 0.128 e. The molecule has 1 N–H and O–H groups in total. The SMILES string of the molecule is OCCC1OCCC1F. The van der Waals surface area contributed by atoms with Gasteiger partial charge in [0, 0.05) is 19.6 Å². The standard InChI is InChI=1S/C6H11FO2/c7-5-2-4-9-6(5)1-3-8/h5-6,8H,1-4H2. The monoisotopic (exact) mass is 134 g/mol. The summed E-state index contributed by atoms with van der Waals surface area (Å²) >= 11 is 0. The van der Waals surface area contributed by atoms with E-state index in [1.165, 1.54) is 0 Å². The third kappa shape index (κ3) is 1.63. The highest BCUT2D eigenvalue weighted by Gasteiger charge is 2.26. The Bertz CT molecular complexity index is 87.1. The molecular formula is C6H11FO2. The number of hydrogen-bond donors (Lipinski definition) is 1. The van der Waals surface area contributed by atoms with Crippen molar-refractivity contribution in [3.8, 4) is 0 Å². The molecule has 54 valence electrons. The number of hydrogen-bond acceptors (Lipinski definition) is 2. The lowest BCUT2D eigenvalue weighted by atomic mass is 10.1. The average Bonchev–Trinajstić information content (AvgIpc) is 2.18. The molecule has 1 saturated heterocycles. The lowest BCUT2D eigenvalue weighted by Gasteiger charge is -2.08. The molecule has 0 aromatic heterocycles. The predicted octanol–water partition coefficient (Wildman–Crippen LogP) is 0.496. The molecule has 0 spiro atoms. The Labute approximate surface area is 53.6 Å². The Morgan fingerprint density at radius 2 is 2.44 bits per heavy atom. The summed E-state index contributed by atoms with van der Waals surface area (Å²) in [6.07, 6.45) is -0.265. The van der Waals surface area contributed by atoms with Crippen LogP contribution >= 0.6 is 0 Å². The number of alkyl halides is 1. The number of rotatable bonds is 2. The second-order valence-electron chi connectivity index (χ2n) is 2.23. The third-order valence-electron chi connectivity index (χ3n) is 1.54. The fourth-order valence-corrected chi connectivity index (χ4v) is 1.01. The van der Waals surface area contributed by atoms with Gasteiger partial charge in [0.15, 0.2) is 0 Å². The predicted molar refractivity (Wildman–Crippen MR) is 31.0 cm³/mol. The molecule has 0 saturated carbocycles. The number of aliphatic hydroxyl groups excluding tert-OH is 1. The van der Waals surface area contributed by atoms with Crippen LogP contribution in [0.5, 0.6) is 0 Å². The molecule has 9 heavy (non-hydrogen) atoms. The largest absolute Gasteiger partial charge is 0.396 e. The fraction of sp³-hybridized carbons (Fsp3) is 1.00. The summed E-state index contributed by atoms with van der Waals surface area (Å²) < 4.78 is 17.5. The molecule has 1 heterocycles. The summed E-state index contributed by atoms with van der Waals surface area (Å²) in [4.78, 5) is 0. The van der Waals surface area contributed by atoms with Gasteiger partial charge in [-0.05, 0) is 6.42 Å². The fourth-order valence-electron chi connectivity index (χ4n) is 1.01. The molecule has 0 radical (unpaired) electrons. The van der Waals surface area contributed by atoms with Gasteiger partial charge in [0.2, 0.25) is 0 Å². The molecule has 0 amide bonds. The van der Waals surface area contributed by atoms with E-state index in [0.717, 1.165) is 0 Å². The number of aliphatic hydroxyl groups is 1. The number of halogens is 1. The van der Waals surface area contributed by atoms with Crippen LogP contribution in [0, 0.1) is 0 Å². The maximum absolute atomic E-state index is 12.5. The quantitative estimate of drug-likeness (QED) is 0.595. The van der Waals surface area contributed by atoms with Crippen LogP contribution in [0.2, 0.25) is 0 Å². The van der Waals surface area contributed by atoms with E-state index in [0.29, 0.717) is 19.4 Å². The van der Waals surface area contributed by atoms with E-state index in [1.54, 1.807) is 0 Å². The van der Waals surface area contributed by atoms with Crippen molar-refractivity contribution < 1.29 is 14.2 Å². The van der Waals surface area contributed by atoms with Gasteiger partial charge in [-0.25, -0.2) is 4.39 Å². The molecule has 1 aliphatic rings. The van der Waals surface area contributed by atoms with Gasteiger partial charge in [-0.3, -0.25) is 0 Å². The minimum absolute atomic E-state index is 0.0189. The van der Waals surface area contributed by atoms with Gasteiger partial charge in [-0.1, -0.05) is 0 Å². The van der Waals surface area contributed by atoms with Crippen LogP contribution < -0.4 is 0 Å². The summed E-state index contributed by atoms with van der Waals surface area (Å²) in [6, 6.07) is 0. The highest BCUT2D eigenvalue weighted by atomic mass is 19.1. The molecule has 2 unspecified atom stereocenters. The van der Waals surface area contributed by atoms with Crippen molar-refractivity contribution in [2.45, 2.75) is 25.1 Å². The molecule has 1 rings (SSSR count). The maximum atomic E-state index is 12.5. The first kappa shape index (κ1) is 6.96. The van der Waals surface area contributed by atoms with Crippen LogP contribution in [0.15, 0.2) is 0 Å². The summed E-state index contributed by atoms with van der Waals surface area (Å²) in [5.41, 5.74) is 0. The van der Waals surface area contributed by atoms with E-state index in [-0.39, 0.29) is 12.7 Å². The minimum Gasteiger partial charge on any atom is -0.396 e. The summed E-state index contributed by atoms with van der Waals surface area (Å²) in [5.74, 6) is 0. The summed E-state index contributed by atoms with van der Waals surface area (Å²) in [7, 11) is 0. The molecule has 0 aliphatic carbocycles. The van der Waals surface area contributed by atoms with E-state index in [4.69, 9.17) is 9.84 Å². The first-order valence-corrected chi connectivity index (χ1v) is 3.21. The van der Waals surface area contributed by atoms with Crippen molar-refractivity contribution in [2.75, 3.05) is 13.2 Å². The zero-order valence-electron chi connectivity index (χ0n) is 5.22. The average molecular weight is 134 g/mol. The highest BCUT2D eigenvalue weighted by Crippen LogP contribution is 2.18. The van der Waals surface area contributed by atoms with E-state index in [1.807, 2.05) is 0 Å². The molecule has 2 atom stereocenters. The van der Waals surface area contributed by atoms with Crippen LogP contribution in [-0.2, 0) is 4.74 Å². The highest BCUT2D eigenvalue weighted by molar-refractivity contribution is 4.74. The first-order valence-electron chi connectivity index (χ1n) is 3.21. The van der Waals surface area contributed by atoms with Gasteiger partial charge in [-0.2, -0.15) is 0 Å². The van der Waals surface area contributed by atoms with Crippen molar-refractivity contribution in [3.63, 3.8) is 0 Å². The third-order valence-corrected chi connectivity index (χ3v) is 1.54. The van der Waals surface area contributed by atoms with Crippen molar-refractivity contribution in [3.05, 3.63) is 0 Å². The van der Waals surface area contributed by atoms with Crippen molar-refractivity contribution >= 4 is 0 Å². The Morgan fingerprint density at radius 3 is 2.89 bits per heavy atom. The van der Waals surface area contributed by atoms with E-state index in [9.17, 15) is 4.39 Å². The number of ether oxygens (including phenoxy) is 1. The smallest absolute Gasteiger partial charge is 0.128 e. The molecule has 1 aliphatic heterocycles. The van der Waals surface area contributed by atoms with Gasteiger partial charge in [-0.15, -0.1) is 0 Å². The second-order valence-corrected chi connectivity index (χ2v) is 2.23. The van der Waals surface area contributed by atoms with Gasteiger partial charge in [0.1, 0.15) is 6.17 Å². The van der Waals surface area contributed by atoms with Gasteiger partial charge >= 0.3 is 0 Å². The van der Waals surface area contributed by atoms with Crippen molar-refractivity contribution in [1.82, 2.24) is 0 Å². The summed E-state index contributed by atoms with van der Waals surface area (Å²) in [6.45, 7) is 0.525. The topological polar surface area (TPSA) is 29.5 Å². The lowest BCUT2D eigenvalue weighted by Crippen LogP contribution is -2.17. The van der Waals surface area contributed by atoms with E-state index in [2.05, 4.69) is 0 Å². The molecule has 0 bridgehead atoms. The minimum atomic E-state index is -0.850. The molecule has 2 nitrogen and oxygen atoms in total. The normalized spacial score (nSPS) is 35.3. The van der Waals surface area contributed by atoms with Crippen LogP contribution in [0.4, 0.5) is 4.39 Å². The molecule has 0 aromatic carbocycles. The van der Waals surface area contributed by atoms with Gasteiger partial charge < -0.3 is 9.84 Å². The molecule has 1 fully saturated rings. The van der Waals surface area contributed by atoms with E-state index >= 15 is 0 Å². The van der Waals surface area contributed by atoms with Gasteiger partial charge in [0.05, 0.1) is 6.10 Å². The Morgan fingerprint density at radius 1 is 1.67 bits per heavy atom. The Hall–Kier alpha value is -0.150. The van der Waals surface area contributed by atoms with Crippen LogP contribution in [0.25, 0.3) is 0 Å². The first-order chi connectivity index (χ1) is 4.34.